The van der Waals surface area contributed by atoms with Gasteiger partial charge in [-0.1, -0.05) is 64.4 Å². The normalized spacial score (nSPS) is 16.6. The number of para-hydroxylation sites is 2. The first kappa shape index (κ1) is 53.6. The van der Waals surface area contributed by atoms with E-state index in [2.05, 4.69) is 41.2 Å². The Morgan fingerprint density at radius 2 is 1.41 bits per heavy atom. The topological polar surface area (TPSA) is 130 Å². The van der Waals surface area contributed by atoms with E-state index in [0.717, 1.165) is 103 Å². The molecule has 4 aliphatic heterocycles. The predicted molar refractivity (Wildman–Crippen MR) is 306 cm³/mol. The molecule has 4 aliphatic rings. The highest BCUT2D eigenvalue weighted by Crippen LogP contribution is 2.43. The molecule has 0 spiro atoms. The Bertz CT molecular complexity index is 2960. The first-order valence-corrected chi connectivity index (χ1v) is 29.0. The highest BCUT2D eigenvalue weighted by Gasteiger charge is 2.40. The number of likely N-dealkylation sites (N-methyl/N-ethyl adjacent to an activating group) is 1. The first-order chi connectivity index (χ1) is 36.3. The van der Waals surface area contributed by atoms with Crippen LogP contribution in [0.1, 0.15) is 133 Å². The third kappa shape index (κ3) is 12.7. The maximum atomic E-state index is 14.2. The van der Waals surface area contributed by atoms with Crippen molar-refractivity contribution >= 4 is 74.1 Å². The van der Waals surface area contributed by atoms with Gasteiger partial charge in [-0.2, -0.15) is 0 Å². The van der Waals surface area contributed by atoms with Crippen LogP contribution in [0.4, 0.5) is 22.7 Å². The molecule has 1 N–H and O–H groups in total. The number of carbonyl (C=O) groups is 4. The van der Waals surface area contributed by atoms with Gasteiger partial charge in [0.2, 0.25) is 5.91 Å². The van der Waals surface area contributed by atoms with Crippen molar-refractivity contribution in [2.75, 3.05) is 53.0 Å². The van der Waals surface area contributed by atoms with Crippen molar-refractivity contribution in [2.45, 2.75) is 135 Å². The molecule has 394 valence electrons. The Labute approximate surface area is 450 Å². The predicted octanol–water partition coefficient (Wildman–Crippen LogP) is 12.6. The number of Topliss-reactive ketones (excluding diaryl/α,β-unsaturated/α-hetero) is 1. The molecule has 5 aromatic carbocycles. The number of fused-ring (bicyclic) bond motifs is 8. The van der Waals surface area contributed by atoms with E-state index < -0.39 is 0 Å². The van der Waals surface area contributed by atoms with Crippen molar-refractivity contribution in [3.63, 3.8) is 0 Å². The summed E-state index contributed by atoms with van der Waals surface area (Å²) < 4.78 is 18.9. The summed E-state index contributed by atoms with van der Waals surface area (Å²) in [5.74, 6) is 2.78. The molecule has 12 nitrogen and oxygen atoms in total. The average molecular weight is 1050 g/mol. The van der Waals surface area contributed by atoms with Gasteiger partial charge in [0.05, 0.1) is 24.4 Å². The van der Waals surface area contributed by atoms with E-state index in [9.17, 15) is 19.2 Å². The molecule has 0 aromatic heterocycles. The van der Waals surface area contributed by atoms with Crippen LogP contribution in [0.2, 0.25) is 0 Å². The lowest BCUT2D eigenvalue weighted by Gasteiger charge is -2.25. The van der Waals surface area contributed by atoms with Gasteiger partial charge in [0.1, 0.15) is 24.7 Å². The Balaban J connectivity index is 0.878. The molecular formula is C61H71N5O7S2. The maximum absolute atomic E-state index is 14.2. The van der Waals surface area contributed by atoms with Crippen LogP contribution in [0.15, 0.2) is 96.0 Å². The summed E-state index contributed by atoms with van der Waals surface area (Å²) in [6, 6.07) is 30.1. The van der Waals surface area contributed by atoms with E-state index in [1.54, 1.807) is 28.7 Å². The number of amides is 3. The second-order valence-corrected chi connectivity index (χ2v) is 24.1. The Hall–Kier alpha value is -6.25. The highest BCUT2D eigenvalue weighted by molar-refractivity contribution is 8.77. The lowest BCUT2D eigenvalue weighted by molar-refractivity contribution is -0.119. The van der Waals surface area contributed by atoms with E-state index in [1.165, 1.54) is 11.1 Å². The number of hydrogen-bond acceptors (Lipinski definition) is 11. The number of anilines is 4. The largest absolute Gasteiger partial charge is 0.493 e. The van der Waals surface area contributed by atoms with Crippen molar-refractivity contribution in [1.82, 2.24) is 0 Å². The molecule has 75 heavy (non-hydrogen) atoms. The molecule has 0 radical (unpaired) electrons. The van der Waals surface area contributed by atoms with E-state index in [0.29, 0.717) is 72.1 Å². The molecule has 3 amide bonds. The van der Waals surface area contributed by atoms with E-state index >= 15 is 0 Å². The molecule has 2 atom stereocenters. The Morgan fingerprint density at radius 3 is 2.13 bits per heavy atom. The summed E-state index contributed by atoms with van der Waals surface area (Å²) in [6.07, 6.45) is 11.1. The summed E-state index contributed by atoms with van der Waals surface area (Å²) in [7, 11) is 7.17. The lowest BCUT2D eigenvalue weighted by atomic mass is 9.99. The quantitative estimate of drug-likeness (QED) is 0.0383. The molecule has 0 fully saturated rings. The minimum absolute atomic E-state index is 0.00396. The zero-order valence-corrected chi connectivity index (χ0v) is 46.0. The van der Waals surface area contributed by atoms with Crippen LogP contribution >= 0.6 is 21.6 Å². The van der Waals surface area contributed by atoms with Gasteiger partial charge in [0.15, 0.2) is 11.5 Å². The van der Waals surface area contributed by atoms with Crippen molar-refractivity contribution in [1.29, 1.82) is 0 Å². The molecular weight excluding hydrogens is 979 g/mol. The van der Waals surface area contributed by atoms with E-state index in [4.69, 9.17) is 14.2 Å². The minimum Gasteiger partial charge on any atom is -0.493 e. The maximum Gasteiger partial charge on any atom is 0.260 e. The number of carbonyl (C=O) groups excluding carboxylic acids is 4. The number of nitrogens with one attached hydrogen (secondary N) is 1. The highest BCUT2D eigenvalue weighted by atomic mass is 33.1. The molecule has 0 unspecified atom stereocenters. The average Bonchev–Trinajstić information content (AvgIpc) is 3.93. The van der Waals surface area contributed by atoms with Gasteiger partial charge in [-0.25, -0.2) is 0 Å². The molecule has 4 heterocycles. The molecule has 14 heteroatoms. The fraction of sp³-hybridized carbons (Fsp3) is 0.426. The Kier molecular flexibility index (Phi) is 17.3. The lowest BCUT2D eigenvalue weighted by Crippen LogP contribution is -2.41. The number of ketones is 1. The van der Waals surface area contributed by atoms with Crippen LogP contribution in [-0.4, -0.2) is 79.5 Å². The third-order valence-electron chi connectivity index (χ3n) is 14.8. The van der Waals surface area contributed by atoms with Crippen LogP contribution < -0.4 is 34.2 Å². The van der Waals surface area contributed by atoms with Gasteiger partial charge in [0.25, 0.3) is 11.8 Å². The Morgan fingerprint density at radius 1 is 0.747 bits per heavy atom. The molecule has 0 saturated carbocycles. The van der Waals surface area contributed by atoms with Gasteiger partial charge in [0, 0.05) is 84.6 Å². The summed E-state index contributed by atoms with van der Waals surface area (Å²) >= 11 is 0. The molecule has 0 aliphatic carbocycles. The fourth-order valence-electron chi connectivity index (χ4n) is 10.9. The SMILES string of the molecule is CC=NCCCCCC(=O)CCCSSC(C)(C)CCC(=O)Nc1cc(COc2cc3c(cc2C)C(=O)N2c4ccccc4C[C@H]2CN3C)cc(COc2cc3c(cc2OC)C(=O)N2c4ccccc4C[C@@H]2CC3)c1. The third-order valence-corrected chi connectivity index (χ3v) is 18.3. The van der Waals surface area contributed by atoms with E-state index in [-0.39, 0.29) is 47.8 Å². The summed E-state index contributed by atoms with van der Waals surface area (Å²) in [5, 5.41) is 3.18. The van der Waals surface area contributed by atoms with Gasteiger partial charge < -0.3 is 34.2 Å². The standard InChI is InChI=1S/C61H71N5O7S2/c1-7-62-26-14-8-9-18-49(67)19-15-27-74-75-61(3,4)25-24-58(68)63-46-30-41(38-72-55-36-54-51(28-40(55)2)60(70)66-48(37-64(54)5)33-45-17-11-13-21-53(45)66)29-42(31-46)39-73-57-34-43-22-23-47-32-44-16-10-12-20-52(44)65(47)59(69)50(43)35-56(57)71-6/h7,10-13,16-17,20-21,28-31,34-36,47-48H,8-9,14-15,18-19,22-27,32-33,37-39H2,1-6H3,(H,63,68)/t47-,48-/m0/s1. The summed E-state index contributed by atoms with van der Waals surface area (Å²) in [6.45, 7) is 10.1. The van der Waals surface area contributed by atoms with Gasteiger partial charge in [-0.05, 0) is 167 Å². The number of unbranched alkanes of at least 4 members (excludes halogenated alkanes) is 2. The number of nitrogens with zero attached hydrogens (tertiary/aromatic N) is 4. The van der Waals surface area contributed by atoms with Crippen molar-refractivity contribution in [3.8, 4) is 17.2 Å². The number of hydrogen-bond donors (Lipinski definition) is 1. The molecule has 0 saturated heterocycles. The monoisotopic (exact) mass is 1050 g/mol. The van der Waals surface area contributed by atoms with Crippen LogP contribution in [-0.2, 0) is 42.1 Å². The second kappa shape index (κ2) is 24.2. The smallest absolute Gasteiger partial charge is 0.260 e. The first-order valence-electron chi connectivity index (χ1n) is 26.6. The number of ether oxygens (including phenoxy) is 3. The van der Waals surface area contributed by atoms with Crippen molar-refractivity contribution < 1.29 is 33.4 Å². The fourth-order valence-corrected chi connectivity index (χ4v) is 13.6. The second-order valence-electron chi connectivity index (χ2n) is 21.0. The number of methoxy groups -OCH3 is 1. The van der Waals surface area contributed by atoms with Crippen molar-refractivity contribution in [2.24, 2.45) is 4.99 Å². The van der Waals surface area contributed by atoms with E-state index in [1.807, 2.05) is 116 Å². The zero-order valence-electron chi connectivity index (χ0n) is 44.4. The minimum atomic E-state index is -0.162. The molecule has 5 aromatic rings. The number of aryl methyl sites for hydroxylation is 2. The number of rotatable bonds is 23. The number of benzene rings is 5. The van der Waals surface area contributed by atoms with Crippen LogP contribution in [0, 0.1) is 6.92 Å². The van der Waals surface area contributed by atoms with Crippen LogP contribution in [0.5, 0.6) is 17.2 Å². The van der Waals surface area contributed by atoms with Crippen LogP contribution in [0.3, 0.4) is 0 Å². The zero-order chi connectivity index (χ0) is 52.6. The van der Waals surface area contributed by atoms with Gasteiger partial charge in [-0.3, -0.25) is 24.2 Å². The molecule has 9 rings (SSSR count). The van der Waals surface area contributed by atoms with Crippen molar-refractivity contribution in [3.05, 3.63) is 136 Å². The van der Waals surface area contributed by atoms with Gasteiger partial charge >= 0.3 is 0 Å². The van der Waals surface area contributed by atoms with Crippen LogP contribution in [0.25, 0.3) is 0 Å². The summed E-state index contributed by atoms with van der Waals surface area (Å²) in [5.41, 5.74) is 10.5. The summed E-state index contributed by atoms with van der Waals surface area (Å²) in [4.78, 5) is 64.9. The van der Waals surface area contributed by atoms with Gasteiger partial charge in [-0.15, -0.1) is 0 Å². The number of aliphatic imine (C=N–C) groups is 1. The molecule has 0 bridgehead atoms.